The van der Waals surface area contributed by atoms with Gasteiger partial charge in [0.15, 0.2) is 0 Å². The monoisotopic (exact) mass is 534 g/mol. The Kier molecular flexibility index (Phi) is 7.84. The van der Waals surface area contributed by atoms with Gasteiger partial charge in [-0.1, -0.05) is 72.3 Å². The molecule has 0 spiro atoms. The molecule has 194 valence electrons. The quantitative estimate of drug-likeness (QED) is 0.287. The van der Waals surface area contributed by atoms with Crippen LogP contribution in [0.15, 0.2) is 119 Å². The number of amides is 3. The first-order valence-corrected chi connectivity index (χ1v) is 13.3. The van der Waals surface area contributed by atoms with E-state index in [0.29, 0.717) is 22.8 Å². The molecule has 39 heavy (non-hydrogen) atoms. The minimum Gasteiger partial charge on any atom is -0.322 e. The van der Waals surface area contributed by atoms with Crippen LogP contribution in [0.25, 0.3) is 0 Å². The van der Waals surface area contributed by atoms with Crippen LogP contribution in [0, 0.1) is 6.92 Å². The molecule has 2 N–H and O–H groups in total. The summed E-state index contributed by atoms with van der Waals surface area (Å²) in [7, 11) is 0. The number of benzene rings is 4. The molecule has 5 rings (SSSR count). The Labute approximate surface area is 230 Å². The van der Waals surface area contributed by atoms with Gasteiger partial charge in [-0.05, 0) is 55.0 Å². The van der Waals surface area contributed by atoms with Crippen molar-refractivity contribution in [2.45, 2.75) is 23.5 Å². The van der Waals surface area contributed by atoms with Gasteiger partial charge in [-0.2, -0.15) is 10.1 Å². The Morgan fingerprint density at radius 3 is 2.31 bits per heavy atom. The summed E-state index contributed by atoms with van der Waals surface area (Å²) >= 11 is 1.35. The van der Waals surface area contributed by atoms with E-state index >= 15 is 0 Å². The first-order chi connectivity index (χ1) is 19.0. The standard InChI is InChI=1S/C31H26N4O3S/c1-21-10-8-13-23(18-21)30(37)32-24-14-9-17-26(19-24)39-29(22-11-4-2-5-12-22)31(38)33-27-20-28(36)35(34-27)25-15-6-3-7-16-25/h2-19,29H,20H2,1H3,(H,32,37)(H,33,34,38). The van der Waals surface area contributed by atoms with E-state index in [2.05, 4.69) is 15.7 Å². The molecule has 1 unspecified atom stereocenters. The van der Waals surface area contributed by atoms with Gasteiger partial charge < -0.3 is 10.6 Å². The highest BCUT2D eigenvalue weighted by Crippen LogP contribution is 2.36. The molecule has 7 nitrogen and oxygen atoms in total. The Morgan fingerprint density at radius 2 is 1.56 bits per heavy atom. The van der Waals surface area contributed by atoms with Gasteiger partial charge in [-0.15, -0.1) is 11.8 Å². The fourth-order valence-electron chi connectivity index (χ4n) is 4.15. The molecule has 1 heterocycles. The zero-order valence-electron chi connectivity index (χ0n) is 21.2. The summed E-state index contributed by atoms with van der Waals surface area (Å²) in [5.74, 6) is -0.404. The van der Waals surface area contributed by atoms with Crippen molar-refractivity contribution in [3.8, 4) is 0 Å². The normalized spacial score (nSPS) is 13.5. The number of carbonyl (C=O) groups excluding carboxylic acids is 3. The van der Waals surface area contributed by atoms with Gasteiger partial charge in [0.25, 0.3) is 11.8 Å². The number of carbonyl (C=O) groups is 3. The highest BCUT2D eigenvalue weighted by atomic mass is 32.2. The molecule has 1 aliphatic heterocycles. The van der Waals surface area contributed by atoms with Crippen LogP contribution < -0.4 is 15.6 Å². The minimum atomic E-state index is -0.613. The predicted molar refractivity (Wildman–Crippen MR) is 155 cm³/mol. The molecular weight excluding hydrogens is 508 g/mol. The molecule has 0 aliphatic carbocycles. The van der Waals surface area contributed by atoms with Crippen molar-refractivity contribution >= 4 is 46.7 Å². The third-order valence-electron chi connectivity index (χ3n) is 6.01. The summed E-state index contributed by atoms with van der Waals surface area (Å²) in [6.45, 7) is 1.94. The first kappa shape index (κ1) is 25.9. The molecule has 4 aromatic rings. The number of thioether (sulfide) groups is 1. The molecule has 0 saturated carbocycles. The van der Waals surface area contributed by atoms with E-state index in [1.165, 1.54) is 16.8 Å². The Hall–Kier alpha value is -4.69. The largest absolute Gasteiger partial charge is 0.322 e. The van der Waals surface area contributed by atoms with Crippen LogP contribution in [0.4, 0.5) is 11.4 Å². The second kappa shape index (κ2) is 11.8. The fraction of sp³-hybridized carbons (Fsp3) is 0.0968. The lowest BCUT2D eigenvalue weighted by Crippen LogP contribution is -2.33. The summed E-state index contributed by atoms with van der Waals surface area (Å²) in [5.41, 5.74) is 3.66. The molecule has 0 fully saturated rings. The van der Waals surface area contributed by atoms with Gasteiger partial charge in [0, 0.05) is 16.1 Å². The molecule has 4 aromatic carbocycles. The van der Waals surface area contributed by atoms with Crippen molar-refractivity contribution < 1.29 is 14.4 Å². The topological polar surface area (TPSA) is 90.9 Å². The van der Waals surface area contributed by atoms with Crippen LogP contribution in [0.3, 0.4) is 0 Å². The van der Waals surface area contributed by atoms with E-state index in [0.717, 1.165) is 16.0 Å². The number of hydrazone groups is 1. The summed E-state index contributed by atoms with van der Waals surface area (Å²) in [4.78, 5) is 39.6. The van der Waals surface area contributed by atoms with Gasteiger partial charge in [0.05, 0.1) is 12.1 Å². The average Bonchev–Trinajstić information content (AvgIpc) is 3.32. The smallest absolute Gasteiger partial charge is 0.255 e. The molecule has 0 bridgehead atoms. The van der Waals surface area contributed by atoms with E-state index in [4.69, 9.17) is 0 Å². The number of rotatable bonds is 7. The molecule has 1 atom stereocenters. The van der Waals surface area contributed by atoms with Crippen molar-refractivity contribution in [1.82, 2.24) is 5.32 Å². The van der Waals surface area contributed by atoms with Crippen molar-refractivity contribution in [3.05, 3.63) is 126 Å². The van der Waals surface area contributed by atoms with Gasteiger partial charge in [-0.25, -0.2) is 0 Å². The third-order valence-corrected chi connectivity index (χ3v) is 7.26. The molecule has 1 aliphatic rings. The lowest BCUT2D eigenvalue weighted by molar-refractivity contribution is -0.119. The third kappa shape index (κ3) is 6.42. The maximum absolute atomic E-state index is 13.5. The summed E-state index contributed by atoms with van der Waals surface area (Å²) in [5, 5.41) is 10.8. The lowest BCUT2D eigenvalue weighted by Gasteiger charge is -2.17. The number of amidine groups is 1. The zero-order chi connectivity index (χ0) is 27.2. The molecule has 8 heteroatoms. The van der Waals surface area contributed by atoms with Gasteiger partial charge in [0.2, 0.25) is 5.91 Å². The van der Waals surface area contributed by atoms with Crippen LogP contribution in [0.5, 0.6) is 0 Å². The van der Waals surface area contributed by atoms with Gasteiger partial charge >= 0.3 is 0 Å². The number of hydrogen-bond donors (Lipinski definition) is 2. The van der Waals surface area contributed by atoms with E-state index < -0.39 is 5.25 Å². The number of anilines is 2. The first-order valence-electron chi connectivity index (χ1n) is 12.4. The molecule has 0 aromatic heterocycles. The summed E-state index contributed by atoms with van der Waals surface area (Å²) in [6, 6.07) is 33.3. The number of para-hydroxylation sites is 1. The zero-order valence-corrected chi connectivity index (χ0v) is 22.0. The van der Waals surface area contributed by atoms with Crippen molar-refractivity contribution in [2.75, 3.05) is 10.3 Å². The summed E-state index contributed by atoms with van der Waals surface area (Å²) < 4.78 is 0. The fourth-order valence-corrected chi connectivity index (χ4v) is 5.23. The maximum Gasteiger partial charge on any atom is 0.255 e. The summed E-state index contributed by atoms with van der Waals surface area (Å²) in [6.07, 6.45) is 0.00723. The Morgan fingerprint density at radius 1 is 0.846 bits per heavy atom. The number of nitrogens with zero attached hydrogens (tertiary/aromatic N) is 2. The van der Waals surface area contributed by atoms with E-state index in [1.807, 2.05) is 97.9 Å². The maximum atomic E-state index is 13.5. The van der Waals surface area contributed by atoms with Crippen LogP contribution in [0.2, 0.25) is 0 Å². The minimum absolute atomic E-state index is 0.00723. The van der Waals surface area contributed by atoms with Gasteiger partial charge in [0.1, 0.15) is 11.1 Å². The molecule has 0 saturated heterocycles. The van der Waals surface area contributed by atoms with Crippen LogP contribution in [-0.4, -0.2) is 23.6 Å². The number of nitrogens with one attached hydrogen (secondary N) is 2. The second-order valence-corrected chi connectivity index (χ2v) is 10.2. The van der Waals surface area contributed by atoms with E-state index in [1.54, 1.807) is 18.2 Å². The number of hydrogen-bond acceptors (Lipinski definition) is 5. The SMILES string of the molecule is Cc1cccc(C(=O)Nc2cccc(SC(C(=O)NC3=NN(c4ccccc4)C(=O)C3)c3ccccc3)c2)c1. The van der Waals surface area contributed by atoms with Crippen molar-refractivity contribution in [3.63, 3.8) is 0 Å². The van der Waals surface area contributed by atoms with E-state index in [-0.39, 0.29) is 24.1 Å². The van der Waals surface area contributed by atoms with Crippen molar-refractivity contribution in [1.29, 1.82) is 0 Å². The van der Waals surface area contributed by atoms with E-state index in [9.17, 15) is 14.4 Å². The highest BCUT2D eigenvalue weighted by Gasteiger charge is 2.29. The highest BCUT2D eigenvalue weighted by molar-refractivity contribution is 8.00. The predicted octanol–water partition coefficient (Wildman–Crippen LogP) is 5.95. The number of aryl methyl sites for hydroxylation is 1. The Bertz CT molecular complexity index is 1540. The van der Waals surface area contributed by atoms with Crippen LogP contribution >= 0.6 is 11.8 Å². The second-order valence-electron chi connectivity index (χ2n) is 9.01. The van der Waals surface area contributed by atoms with Crippen LogP contribution in [-0.2, 0) is 9.59 Å². The van der Waals surface area contributed by atoms with Crippen LogP contribution in [0.1, 0.15) is 33.2 Å². The lowest BCUT2D eigenvalue weighted by atomic mass is 10.1. The molecule has 3 amide bonds. The molecule has 0 radical (unpaired) electrons. The van der Waals surface area contributed by atoms with Gasteiger partial charge in [-0.3, -0.25) is 14.4 Å². The van der Waals surface area contributed by atoms with Crippen molar-refractivity contribution in [2.24, 2.45) is 5.10 Å². The average molecular weight is 535 g/mol. The molecular formula is C31H26N4O3S. The Balaban J connectivity index is 1.34.